The van der Waals surface area contributed by atoms with Crippen LogP contribution in [0.25, 0.3) is 22.6 Å². The summed E-state index contributed by atoms with van der Waals surface area (Å²) in [4.78, 5) is 39.7. The number of hydrogen-bond donors (Lipinski definition) is 1. The average Bonchev–Trinajstić information content (AvgIpc) is 3.57. The summed E-state index contributed by atoms with van der Waals surface area (Å²) in [5.41, 5.74) is 0.260. The minimum absolute atomic E-state index is 0.232. The van der Waals surface area contributed by atoms with E-state index in [2.05, 4.69) is 15.0 Å². The second-order valence-corrected chi connectivity index (χ2v) is 9.58. The fraction of sp³-hybridized carbons (Fsp3) is 0.407. The van der Waals surface area contributed by atoms with Gasteiger partial charge in [-0.25, -0.2) is 14.8 Å². The lowest BCUT2D eigenvalue weighted by Gasteiger charge is -2.20. The van der Waals surface area contributed by atoms with Crippen LogP contribution in [0.3, 0.4) is 0 Å². The zero-order chi connectivity index (χ0) is 27.7. The maximum atomic E-state index is 13.1. The molecule has 1 aliphatic rings. The molecule has 9 nitrogen and oxygen atoms in total. The summed E-state index contributed by atoms with van der Waals surface area (Å²) < 4.78 is 48.0. The van der Waals surface area contributed by atoms with Crippen molar-refractivity contribution >= 4 is 16.9 Å². The summed E-state index contributed by atoms with van der Waals surface area (Å²) in [6, 6.07) is 8.72. The molecule has 12 heteroatoms. The lowest BCUT2D eigenvalue weighted by atomic mass is 10.2. The average molecular weight is 543 g/mol. The molecular formula is C27H29F3N6O3. The molecule has 0 amide bonds. The Morgan fingerprint density at radius 1 is 1.08 bits per heavy atom. The number of rotatable bonds is 8. The van der Waals surface area contributed by atoms with Crippen LogP contribution in [0.5, 0.6) is 5.88 Å². The molecule has 4 aromatic rings. The first kappa shape index (κ1) is 26.5. The molecule has 0 saturated carbocycles. The molecule has 39 heavy (non-hydrogen) atoms. The van der Waals surface area contributed by atoms with Gasteiger partial charge in [0.1, 0.15) is 17.4 Å². The van der Waals surface area contributed by atoms with Gasteiger partial charge in [0.25, 0.3) is 5.56 Å². The molecule has 1 aromatic carbocycles. The van der Waals surface area contributed by atoms with E-state index < -0.39 is 17.3 Å². The fourth-order valence-electron chi connectivity index (χ4n) is 4.85. The van der Waals surface area contributed by atoms with Crippen molar-refractivity contribution in [2.45, 2.75) is 58.5 Å². The number of hydrogen-bond acceptors (Lipinski definition) is 6. The summed E-state index contributed by atoms with van der Waals surface area (Å²) in [7, 11) is 0. The van der Waals surface area contributed by atoms with Crippen molar-refractivity contribution in [3.05, 3.63) is 69.0 Å². The molecule has 1 fully saturated rings. The zero-order valence-corrected chi connectivity index (χ0v) is 21.7. The topological polar surface area (TPSA) is 98.0 Å². The number of nitrogens with zero attached hydrogens (tertiary/aromatic N) is 5. The standard InChI is InChI=1S/C27H29F3N6O3/c1-3-11-35-24-22(25(37)36(12-4-2)26(35)38)32-23(33-24)17-8-9-21(31-15-17)39-20-10-13-34(16-20)19-7-5-6-18(14-19)27(28,29)30/h5-9,14-15,20H,3-4,10-13,16H2,1-2H3,(H,32,33). The van der Waals surface area contributed by atoms with Crippen LogP contribution in [0, 0.1) is 0 Å². The molecule has 1 unspecified atom stereocenters. The smallest absolute Gasteiger partial charge is 0.416 e. The number of aryl methyl sites for hydroxylation is 1. The Labute approximate surface area is 221 Å². The van der Waals surface area contributed by atoms with E-state index in [0.717, 1.165) is 12.1 Å². The molecule has 0 spiro atoms. The Balaban J connectivity index is 1.33. The Morgan fingerprint density at radius 3 is 2.54 bits per heavy atom. The Morgan fingerprint density at radius 2 is 1.85 bits per heavy atom. The third kappa shape index (κ3) is 5.27. The molecule has 0 aliphatic carbocycles. The number of H-pyrrole nitrogens is 1. The molecule has 1 N–H and O–H groups in total. The Bertz CT molecular complexity index is 1590. The number of benzene rings is 1. The van der Waals surface area contributed by atoms with Gasteiger partial charge in [0.2, 0.25) is 5.88 Å². The highest BCUT2D eigenvalue weighted by Crippen LogP contribution is 2.33. The second-order valence-electron chi connectivity index (χ2n) is 9.58. The van der Waals surface area contributed by atoms with Gasteiger partial charge in [-0.1, -0.05) is 19.9 Å². The number of aromatic amines is 1. The minimum atomic E-state index is -4.39. The van der Waals surface area contributed by atoms with Crippen LogP contribution in [0.15, 0.2) is 52.2 Å². The second kappa shape index (κ2) is 10.6. The maximum Gasteiger partial charge on any atom is 0.416 e. The number of imidazole rings is 1. The highest BCUT2D eigenvalue weighted by molar-refractivity contribution is 5.75. The summed E-state index contributed by atoms with van der Waals surface area (Å²) in [5, 5.41) is 0. The van der Waals surface area contributed by atoms with Gasteiger partial charge in [0, 0.05) is 49.6 Å². The van der Waals surface area contributed by atoms with Crippen molar-refractivity contribution in [1.29, 1.82) is 0 Å². The molecular weight excluding hydrogens is 513 g/mol. The van der Waals surface area contributed by atoms with Gasteiger partial charge in [-0.15, -0.1) is 0 Å². The molecule has 3 aromatic heterocycles. The Kier molecular flexibility index (Phi) is 7.19. The van der Waals surface area contributed by atoms with Crippen molar-refractivity contribution < 1.29 is 17.9 Å². The molecule has 5 rings (SSSR count). The number of halogens is 3. The van der Waals surface area contributed by atoms with Crippen LogP contribution < -0.4 is 20.9 Å². The van der Waals surface area contributed by atoms with Crippen LogP contribution in [-0.4, -0.2) is 43.3 Å². The Hall–Kier alpha value is -4.09. The number of fused-ring (bicyclic) bond motifs is 1. The normalized spacial score (nSPS) is 15.8. The predicted octanol–water partition coefficient (Wildman–Crippen LogP) is 4.44. The highest BCUT2D eigenvalue weighted by Gasteiger charge is 2.32. The SMILES string of the molecule is CCCn1c(=O)c2[nH]c(-c3ccc(OC4CCN(c5cccc(C(F)(F)F)c5)C4)nc3)nc2n(CCC)c1=O. The quantitative estimate of drug-likeness (QED) is 0.354. The number of anilines is 1. The van der Waals surface area contributed by atoms with E-state index in [-0.39, 0.29) is 17.3 Å². The first-order chi connectivity index (χ1) is 18.7. The van der Waals surface area contributed by atoms with E-state index in [1.807, 2.05) is 18.7 Å². The van der Waals surface area contributed by atoms with Crippen LogP contribution in [-0.2, 0) is 19.3 Å². The third-order valence-corrected chi connectivity index (χ3v) is 6.74. The van der Waals surface area contributed by atoms with E-state index in [1.165, 1.54) is 15.2 Å². The lowest BCUT2D eigenvalue weighted by Crippen LogP contribution is -2.40. The third-order valence-electron chi connectivity index (χ3n) is 6.74. The highest BCUT2D eigenvalue weighted by atomic mass is 19.4. The van der Waals surface area contributed by atoms with Crippen LogP contribution >= 0.6 is 0 Å². The van der Waals surface area contributed by atoms with Crippen molar-refractivity contribution in [1.82, 2.24) is 24.1 Å². The van der Waals surface area contributed by atoms with Gasteiger partial charge >= 0.3 is 11.9 Å². The zero-order valence-electron chi connectivity index (χ0n) is 21.7. The van der Waals surface area contributed by atoms with Crippen molar-refractivity contribution in [2.75, 3.05) is 18.0 Å². The number of aromatic nitrogens is 5. The molecule has 1 aliphatic heterocycles. The molecule has 0 radical (unpaired) electrons. The summed E-state index contributed by atoms with van der Waals surface area (Å²) in [6.07, 6.45) is -1.05. The lowest BCUT2D eigenvalue weighted by molar-refractivity contribution is -0.137. The van der Waals surface area contributed by atoms with Crippen molar-refractivity contribution in [3.63, 3.8) is 0 Å². The molecule has 1 atom stereocenters. The molecule has 4 heterocycles. The molecule has 1 saturated heterocycles. The minimum Gasteiger partial charge on any atom is -0.472 e. The number of ether oxygens (including phenoxy) is 1. The number of nitrogens with one attached hydrogen (secondary N) is 1. The first-order valence-electron chi connectivity index (χ1n) is 13.0. The van der Waals surface area contributed by atoms with E-state index in [4.69, 9.17) is 4.74 Å². The largest absolute Gasteiger partial charge is 0.472 e. The van der Waals surface area contributed by atoms with Gasteiger partial charge in [-0.05, 0) is 37.1 Å². The number of alkyl halides is 3. The van der Waals surface area contributed by atoms with Crippen LogP contribution in [0.2, 0.25) is 0 Å². The van der Waals surface area contributed by atoms with Crippen molar-refractivity contribution in [2.24, 2.45) is 0 Å². The summed E-state index contributed by atoms with van der Waals surface area (Å²) >= 11 is 0. The van der Waals surface area contributed by atoms with E-state index in [0.29, 0.717) is 74.0 Å². The van der Waals surface area contributed by atoms with Gasteiger partial charge in [0.15, 0.2) is 5.65 Å². The van der Waals surface area contributed by atoms with E-state index in [9.17, 15) is 22.8 Å². The molecule has 206 valence electrons. The van der Waals surface area contributed by atoms with E-state index >= 15 is 0 Å². The summed E-state index contributed by atoms with van der Waals surface area (Å²) in [5.74, 6) is 0.787. The van der Waals surface area contributed by atoms with Crippen LogP contribution in [0.4, 0.5) is 18.9 Å². The monoisotopic (exact) mass is 542 g/mol. The van der Waals surface area contributed by atoms with Gasteiger partial charge in [0.05, 0.1) is 12.1 Å². The fourth-order valence-corrected chi connectivity index (χ4v) is 4.85. The van der Waals surface area contributed by atoms with E-state index in [1.54, 1.807) is 24.4 Å². The predicted molar refractivity (Wildman–Crippen MR) is 141 cm³/mol. The molecule has 0 bridgehead atoms. The first-order valence-corrected chi connectivity index (χ1v) is 13.0. The maximum absolute atomic E-state index is 13.1. The van der Waals surface area contributed by atoms with Gasteiger partial charge in [-0.2, -0.15) is 13.2 Å². The summed E-state index contributed by atoms with van der Waals surface area (Å²) in [6.45, 7) is 5.62. The van der Waals surface area contributed by atoms with Gasteiger partial charge in [-0.3, -0.25) is 13.9 Å². The number of pyridine rings is 1. The van der Waals surface area contributed by atoms with Crippen molar-refractivity contribution in [3.8, 4) is 17.3 Å². The van der Waals surface area contributed by atoms with Gasteiger partial charge < -0.3 is 14.6 Å². The van der Waals surface area contributed by atoms with Crippen LogP contribution in [0.1, 0.15) is 38.7 Å².